The van der Waals surface area contributed by atoms with Crippen LogP contribution in [0.1, 0.15) is 36.5 Å². The van der Waals surface area contributed by atoms with E-state index in [1.165, 1.54) is 17.7 Å². The predicted octanol–water partition coefficient (Wildman–Crippen LogP) is 5.77. The molecule has 0 spiro atoms. The molecule has 0 radical (unpaired) electrons. The molecule has 0 fully saturated rings. The molecule has 2 heterocycles. The van der Waals surface area contributed by atoms with Gasteiger partial charge in [0, 0.05) is 17.5 Å². The summed E-state index contributed by atoms with van der Waals surface area (Å²) in [6.45, 7) is 4.32. The fraction of sp³-hybridized carbons (Fsp3) is 0.200. The minimum Gasteiger partial charge on any atom is -0.440 e. The van der Waals surface area contributed by atoms with Crippen molar-refractivity contribution in [3.8, 4) is 23.0 Å². The Hall–Kier alpha value is -2.53. The second kappa shape index (κ2) is 6.08. The van der Waals surface area contributed by atoms with Crippen LogP contribution in [0.2, 0.25) is 0 Å². The van der Waals surface area contributed by atoms with Crippen LogP contribution in [0.5, 0.6) is 11.6 Å². The van der Waals surface area contributed by atoms with Gasteiger partial charge < -0.3 is 9.72 Å². The van der Waals surface area contributed by atoms with Crippen molar-refractivity contribution in [3.63, 3.8) is 0 Å². The number of hydrogen-bond acceptors (Lipinski definition) is 3. The highest BCUT2D eigenvalue weighted by Gasteiger charge is 2.21. The van der Waals surface area contributed by atoms with Gasteiger partial charge in [0.1, 0.15) is 22.0 Å². The Morgan fingerprint density at radius 2 is 1.92 bits per heavy atom. The lowest BCUT2D eigenvalue weighted by Gasteiger charge is -2.20. The van der Waals surface area contributed by atoms with E-state index in [0.29, 0.717) is 34.4 Å². The number of aromatic nitrogens is 2. The number of rotatable bonds is 2. The number of H-pyrrole nitrogens is 1. The minimum absolute atomic E-state index is 0.282. The summed E-state index contributed by atoms with van der Waals surface area (Å²) in [6, 6.07) is 12.8. The van der Waals surface area contributed by atoms with E-state index in [1.807, 2.05) is 12.1 Å². The molecule has 5 heteroatoms. The molecule has 0 atom stereocenters. The molecule has 4 rings (SSSR count). The highest BCUT2D eigenvalue weighted by Crippen LogP contribution is 2.36. The summed E-state index contributed by atoms with van der Waals surface area (Å²) in [4.78, 5) is 7.74. The Morgan fingerprint density at radius 1 is 1.16 bits per heavy atom. The molecule has 2 aromatic carbocycles. The number of fused-ring (bicyclic) bond motifs is 2. The van der Waals surface area contributed by atoms with Crippen LogP contribution in [0.3, 0.4) is 0 Å². The van der Waals surface area contributed by atoms with Crippen LogP contribution in [0.4, 0.5) is 4.39 Å². The van der Waals surface area contributed by atoms with Gasteiger partial charge in [-0.3, -0.25) is 0 Å². The highest BCUT2D eigenvalue weighted by molar-refractivity contribution is 7.71. The smallest absolute Gasteiger partial charge is 0.205 e. The SMILES string of the molecule is CC(C)c1ccc(-c2nc(=S)c3c([nH]2)Oc2ccc(F)cc2C3)cc1. The van der Waals surface area contributed by atoms with E-state index in [0.717, 1.165) is 16.7 Å². The molecule has 126 valence electrons. The second-order valence-electron chi connectivity index (χ2n) is 6.51. The molecule has 1 aromatic heterocycles. The molecule has 3 aromatic rings. The summed E-state index contributed by atoms with van der Waals surface area (Å²) >= 11 is 5.45. The van der Waals surface area contributed by atoms with Gasteiger partial charge in [0.25, 0.3) is 0 Å². The van der Waals surface area contributed by atoms with Crippen LogP contribution < -0.4 is 4.74 Å². The topological polar surface area (TPSA) is 37.9 Å². The number of nitrogens with one attached hydrogen (secondary N) is 1. The van der Waals surface area contributed by atoms with Gasteiger partial charge in [0.15, 0.2) is 0 Å². The summed E-state index contributed by atoms with van der Waals surface area (Å²) in [5.74, 6) is 2.10. The molecule has 0 amide bonds. The zero-order valence-corrected chi connectivity index (χ0v) is 14.8. The maximum Gasteiger partial charge on any atom is 0.205 e. The van der Waals surface area contributed by atoms with Crippen LogP contribution in [-0.2, 0) is 6.42 Å². The lowest BCUT2D eigenvalue weighted by molar-refractivity contribution is 0.437. The Bertz CT molecular complexity index is 1010. The van der Waals surface area contributed by atoms with Gasteiger partial charge in [0.2, 0.25) is 5.88 Å². The van der Waals surface area contributed by atoms with Gasteiger partial charge >= 0.3 is 0 Å². The van der Waals surface area contributed by atoms with Crippen molar-refractivity contribution in [2.75, 3.05) is 0 Å². The zero-order valence-electron chi connectivity index (χ0n) is 14.0. The standard InChI is InChI=1S/C20H17FN2OS/c1-11(2)12-3-5-13(6-4-12)18-22-19-16(20(25)23-18)10-14-9-15(21)7-8-17(14)24-19/h3-9,11H,10H2,1-2H3,(H,22,23,25). The average molecular weight is 352 g/mol. The summed E-state index contributed by atoms with van der Waals surface area (Å²) in [6.07, 6.45) is 0.511. The lowest BCUT2D eigenvalue weighted by atomic mass is 10.0. The Labute approximate surface area is 150 Å². The summed E-state index contributed by atoms with van der Waals surface area (Å²) in [5, 5.41) is 0. The summed E-state index contributed by atoms with van der Waals surface area (Å²) < 4.78 is 19.8. The number of aromatic amines is 1. The van der Waals surface area contributed by atoms with Crippen LogP contribution in [0.25, 0.3) is 11.4 Å². The van der Waals surface area contributed by atoms with E-state index in [2.05, 4.69) is 35.9 Å². The van der Waals surface area contributed by atoms with Crippen molar-refractivity contribution in [3.05, 3.63) is 69.6 Å². The van der Waals surface area contributed by atoms with Crippen molar-refractivity contribution in [2.45, 2.75) is 26.2 Å². The fourth-order valence-electron chi connectivity index (χ4n) is 2.97. The molecule has 1 aliphatic rings. The minimum atomic E-state index is -0.282. The number of nitrogens with zero attached hydrogens (tertiary/aromatic N) is 1. The Morgan fingerprint density at radius 3 is 2.64 bits per heavy atom. The van der Waals surface area contributed by atoms with Crippen molar-refractivity contribution in [1.82, 2.24) is 9.97 Å². The molecule has 25 heavy (non-hydrogen) atoms. The van der Waals surface area contributed by atoms with Gasteiger partial charge in [0.05, 0.1) is 5.56 Å². The first-order valence-electron chi connectivity index (χ1n) is 8.21. The quantitative estimate of drug-likeness (QED) is 0.466. The first kappa shape index (κ1) is 16.0. The van der Waals surface area contributed by atoms with Crippen molar-refractivity contribution >= 4 is 12.2 Å². The molecule has 3 nitrogen and oxygen atoms in total. The molecule has 0 aliphatic carbocycles. The first-order chi connectivity index (χ1) is 12.0. The van der Waals surface area contributed by atoms with Crippen molar-refractivity contribution in [2.24, 2.45) is 0 Å². The third-order valence-electron chi connectivity index (χ3n) is 4.43. The van der Waals surface area contributed by atoms with Gasteiger partial charge in [-0.2, -0.15) is 0 Å². The van der Waals surface area contributed by atoms with E-state index in [9.17, 15) is 4.39 Å². The molecule has 0 saturated carbocycles. The molecule has 1 N–H and O–H groups in total. The largest absolute Gasteiger partial charge is 0.440 e. The Kier molecular flexibility index (Phi) is 3.88. The Balaban J connectivity index is 1.75. The molecular formula is C20H17FN2OS. The maximum absolute atomic E-state index is 13.4. The van der Waals surface area contributed by atoms with Gasteiger partial charge in [-0.25, -0.2) is 9.37 Å². The van der Waals surface area contributed by atoms with Gasteiger partial charge in [-0.15, -0.1) is 0 Å². The highest BCUT2D eigenvalue weighted by atomic mass is 32.1. The van der Waals surface area contributed by atoms with Gasteiger partial charge in [-0.1, -0.05) is 50.3 Å². The average Bonchev–Trinajstić information content (AvgIpc) is 2.60. The molecular weight excluding hydrogens is 335 g/mol. The molecule has 0 bridgehead atoms. The van der Waals surface area contributed by atoms with Crippen molar-refractivity contribution < 1.29 is 9.13 Å². The third-order valence-corrected chi connectivity index (χ3v) is 4.77. The predicted molar refractivity (Wildman–Crippen MR) is 98.2 cm³/mol. The van der Waals surface area contributed by atoms with E-state index < -0.39 is 0 Å². The van der Waals surface area contributed by atoms with Crippen LogP contribution in [0.15, 0.2) is 42.5 Å². The zero-order chi connectivity index (χ0) is 17.6. The molecule has 0 saturated heterocycles. The fourth-order valence-corrected chi connectivity index (χ4v) is 3.22. The van der Waals surface area contributed by atoms with E-state index in [-0.39, 0.29) is 5.82 Å². The molecule has 1 aliphatic heterocycles. The second-order valence-corrected chi connectivity index (χ2v) is 6.89. The van der Waals surface area contributed by atoms with Crippen LogP contribution in [-0.4, -0.2) is 9.97 Å². The normalized spacial score (nSPS) is 12.5. The first-order valence-corrected chi connectivity index (χ1v) is 8.62. The number of halogens is 1. The van der Waals surface area contributed by atoms with Crippen LogP contribution >= 0.6 is 12.2 Å². The molecule has 0 unspecified atom stereocenters. The number of benzene rings is 2. The number of ether oxygens (including phenoxy) is 1. The summed E-state index contributed by atoms with van der Waals surface area (Å²) in [7, 11) is 0. The number of hydrogen-bond donors (Lipinski definition) is 1. The summed E-state index contributed by atoms with van der Waals surface area (Å²) in [5.41, 5.74) is 3.79. The van der Waals surface area contributed by atoms with E-state index in [4.69, 9.17) is 17.0 Å². The monoisotopic (exact) mass is 352 g/mol. The lowest BCUT2D eigenvalue weighted by Crippen LogP contribution is -2.08. The van der Waals surface area contributed by atoms with Crippen molar-refractivity contribution in [1.29, 1.82) is 0 Å². The third kappa shape index (κ3) is 2.96. The van der Waals surface area contributed by atoms with Crippen LogP contribution in [0, 0.1) is 10.5 Å². The van der Waals surface area contributed by atoms with E-state index in [1.54, 1.807) is 6.07 Å². The van der Waals surface area contributed by atoms with E-state index >= 15 is 0 Å². The van der Waals surface area contributed by atoms with Gasteiger partial charge in [-0.05, 0) is 29.7 Å². The maximum atomic E-state index is 13.4.